The van der Waals surface area contributed by atoms with Gasteiger partial charge in [-0.05, 0) is 97.2 Å². The second-order valence-corrected chi connectivity index (χ2v) is 11.1. The van der Waals surface area contributed by atoms with Crippen LogP contribution >= 0.6 is 0 Å². The minimum Gasteiger partial charge on any atom is -0.507 e. The number of aliphatic hydroxyl groups is 2. The summed E-state index contributed by atoms with van der Waals surface area (Å²) in [6.07, 6.45) is 0.965. The molecule has 3 aromatic rings. The van der Waals surface area contributed by atoms with Gasteiger partial charge in [-0.1, -0.05) is 18.2 Å². The molecule has 0 spiro atoms. The van der Waals surface area contributed by atoms with Crippen molar-refractivity contribution < 1.29 is 47.6 Å². The number of nitrogens with one attached hydrogen (secondary N) is 1. The predicted octanol–water partition coefficient (Wildman–Crippen LogP) is 4.28. The number of amides is 1. The first kappa shape index (κ1) is 34.1. The van der Waals surface area contributed by atoms with Crippen LogP contribution in [0.3, 0.4) is 0 Å². The number of fused-ring (bicyclic) bond motifs is 1. The highest BCUT2D eigenvalue weighted by atomic mass is 16.5. The number of rotatable bonds is 13. The number of Topliss-reactive ketones (excluding diaryl/α,β-unsaturated/α-hetero) is 3. The van der Waals surface area contributed by atoms with Crippen LogP contribution in [0.1, 0.15) is 61.7 Å². The topological polar surface area (TPSA) is 182 Å². The third kappa shape index (κ3) is 7.96. The van der Waals surface area contributed by atoms with Gasteiger partial charge >= 0.3 is 0 Å². The maximum Gasteiger partial charge on any atom is 0.255 e. The number of carbonyl (C=O) groups is 4. The van der Waals surface area contributed by atoms with E-state index in [4.69, 9.17) is 4.74 Å². The molecule has 44 heavy (non-hydrogen) atoms. The molecule has 1 aliphatic rings. The summed E-state index contributed by atoms with van der Waals surface area (Å²) in [5.41, 5.74) is 3.59. The van der Waals surface area contributed by atoms with Crippen LogP contribution in [0.2, 0.25) is 0 Å². The molecule has 0 saturated carbocycles. The van der Waals surface area contributed by atoms with Crippen molar-refractivity contribution in [2.75, 3.05) is 25.6 Å². The summed E-state index contributed by atoms with van der Waals surface area (Å²) >= 11 is 0. The summed E-state index contributed by atoms with van der Waals surface area (Å²) in [5.74, 6) is -2.00. The molecule has 1 aliphatic carbocycles. The van der Waals surface area contributed by atoms with Crippen molar-refractivity contribution in [3.05, 3.63) is 77.4 Å². The van der Waals surface area contributed by atoms with Crippen molar-refractivity contribution >= 4 is 28.9 Å². The quantitative estimate of drug-likeness (QED) is 0.207. The average Bonchev–Trinajstić information content (AvgIpc) is 2.98. The van der Waals surface area contributed by atoms with E-state index in [2.05, 4.69) is 5.32 Å². The molecule has 0 bridgehead atoms. The second-order valence-electron chi connectivity index (χ2n) is 11.1. The smallest absolute Gasteiger partial charge is 0.255 e. The van der Waals surface area contributed by atoms with E-state index in [1.165, 1.54) is 13.0 Å². The van der Waals surface area contributed by atoms with E-state index >= 15 is 0 Å². The summed E-state index contributed by atoms with van der Waals surface area (Å²) in [4.78, 5) is 50.2. The maximum absolute atomic E-state index is 13.3. The van der Waals surface area contributed by atoms with Gasteiger partial charge in [-0.2, -0.15) is 0 Å². The molecule has 6 N–H and O–H groups in total. The van der Waals surface area contributed by atoms with Crippen molar-refractivity contribution in [3.63, 3.8) is 0 Å². The minimum absolute atomic E-state index is 0. The SMILES string of the molecule is COc1ccc(C(=O)Nc2ccc(-c3ccc(O)c4c3CC(CC(CCO)C(CO)C(=O)CC(C)=O)CC4=O)cc2)cc1.O.[HH].[HH]. The molecule has 0 aliphatic heterocycles. The van der Waals surface area contributed by atoms with Crippen LogP contribution in [0.25, 0.3) is 11.1 Å². The lowest BCUT2D eigenvalue weighted by atomic mass is 9.72. The molecule has 238 valence electrons. The zero-order valence-corrected chi connectivity index (χ0v) is 24.8. The number of aliphatic hydroxyl groups excluding tert-OH is 2. The molecule has 3 aromatic carbocycles. The second kappa shape index (κ2) is 15.4. The van der Waals surface area contributed by atoms with E-state index in [-0.39, 0.29) is 74.7 Å². The Kier molecular flexibility index (Phi) is 11.9. The van der Waals surface area contributed by atoms with Crippen molar-refractivity contribution in [1.29, 1.82) is 0 Å². The zero-order chi connectivity index (χ0) is 31.1. The van der Waals surface area contributed by atoms with Gasteiger partial charge in [-0.15, -0.1) is 0 Å². The summed E-state index contributed by atoms with van der Waals surface area (Å²) in [7, 11) is 1.56. The van der Waals surface area contributed by atoms with Crippen LogP contribution < -0.4 is 10.1 Å². The third-order valence-corrected chi connectivity index (χ3v) is 8.08. The highest BCUT2D eigenvalue weighted by Gasteiger charge is 2.35. The van der Waals surface area contributed by atoms with Crippen LogP contribution in [0, 0.1) is 17.8 Å². The van der Waals surface area contributed by atoms with E-state index < -0.39 is 18.4 Å². The van der Waals surface area contributed by atoms with E-state index in [9.17, 15) is 34.5 Å². The Morgan fingerprint density at radius 2 is 1.68 bits per heavy atom. The lowest BCUT2D eigenvalue weighted by Gasteiger charge is -2.31. The Labute approximate surface area is 259 Å². The van der Waals surface area contributed by atoms with Crippen LogP contribution in [0.15, 0.2) is 60.7 Å². The normalized spacial score (nSPS) is 15.4. The van der Waals surface area contributed by atoms with Gasteiger partial charge in [0.15, 0.2) is 5.78 Å². The lowest BCUT2D eigenvalue weighted by Crippen LogP contribution is -2.32. The molecule has 0 radical (unpaired) electrons. The average molecular weight is 610 g/mol. The first-order chi connectivity index (χ1) is 20.6. The van der Waals surface area contributed by atoms with Gasteiger partial charge in [0.25, 0.3) is 5.91 Å². The highest BCUT2D eigenvalue weighted by molar-refractivity contribution is 6.05. The molecule has 4 rings (SSSR count). The molecule has 1 amide bonds. The van der Waals surface area contributed by atoms with E-state index in [1.54, 1.807) is 49.6 Å². The van der Waals surface area contributed by atoms with Crippen molar-refractivity contribution in [2.45, 2.75) is 39.0 Å². The number of benzene rings is 3. The predicted molar refractivity (Wildman–Crippen MR) is 169 cm³/mol. The molecule has 10 nitrogen and oxygen atoms in total. The van der Waals surface area contributed by atoms with Crippen molar-refractivity contribution in [1.82, 2.24) is 0 Å². The van der Waals surface area contributed by atoms with Crippen molar-refractivity contribution in [2.24, 2.45) is 17.8 Å². The number of hydrogen-bond donors (Lipinski definition) is 4. The molecule has 3 atom stereocenters. The zero-order valence-electron chi connectivity index (χ0n) is 24.8. The van der Waals surface area contributed by atoms with Crippen molar-refractivity contribution in [3.8, 4) is 22.6 Å². The van der Waals surface area contributed by atoms with Gasteiger partial charge in [0.1, 0.15) is 23.1 Å². The van der Waals surface area contributed by atoms with E-state index in [1.807, 2.05) is 12.1 Å². The van der Waals surface area contributed by atoms with E-state index in [0.717, 1.165) is 11.1 Å². The molecule has 0 heterocycles. The van der Waals surface area contributed by atoms with Gasteiger partial charge < -0.3 is 30.8 Å². The van der Waals surface area contributed by atoms with Crippen LogP contribution in [0.4, 0.5) is 5.69 Å². The molecule has 10 heteroatoms. The largest absolute Gasteiger partial charge is 0.507 e. The number of aromatic hydroxyl groups is 1. The molecular weight excluding hydrogens is 566 g/mol. The fourth-order valence-electron chi connectivity index (χ4n) is 5.97. The van der Waals surface area contributed by atoms with Gasteiger partial charge in [0.2, 0.25) is 0 Å². The number of carbonyl (C=O) groups excluding carboxylic acids is 4. The highest BCUT2D eigenvalue weighted by Crippen LogP contribution is 2.41. The monoisotopic (exact) mass is 609 g/mol. The molecule has 3 unspecified atom stereocenters. The summed E-state index contributed by atoms with van der Waals surface area (Å²) in [5, 5.41) is 33.1. The standard InChI is InChI=1S/C34H37NO8.H2O.2H2/c1-20(38)15-31(40)29(19-37)24(13-14-36)16-21-17-28-27(11-12-30(39)33(28)32(41)18-21)22-3-7-25(8-4-22)35-34(42)23-5-9-26(43-2)10-6-23;;;/h3-12,21,24,29,36-37,39H,13-19H2,1-2H3,(H,35,42);1H2;2*1H. The Bertz CT molecular complexity index is 1490. The molecule has 0 fully saturated rings. The molecular formula is C34H43NO9. The lowest BCUT2D eigenvalue weighted by molar-refractivity contribution is -0.131. The molecule has 0 saturated heterocycles. The maximum atomic E-state index is 13.3. The van der Waals surface area contributed by atoms with Crippen LogP contribution in [-0.4, -0.2) is 64.4 Å². The van der Waals surface area contributed by atoms with Gasteiger partial charge in [-0.3, -0.25) is 19.2 Å². The number of methoxy groups -OCH3 is 1. The first-order valence-corrected chi connectivity index (χ1v) is 14.3. The number of hydrogen-bond acceptors (Lipinski definition) is 8. The van der Waals surface area contributed by atoms with Gasteiger partial charge in [-0.25, -0.2) is 0 Å². The number of phenols is 1. The minimum atomic E-state index is -0.808. The Morgan fingerprint density at radius 3 is 2.27 bits per heavy atom. The first-order valence-electron chi connectivity index (χ1n) is 14.3. The summed E-state index contributed by atoms with van der Waals surface area (Å²) in [6.45, 7) is 0.681. The Hall–Kier alpha value is -4.38. The fourth-order valence-corrected chi connectivity index (χ4v) is 5.97. The van der Waals surface area contributed by atoms with Crippen LogP contribution in [-0.2, 0) is 16.0 Å². The Morgan fingerprint density at radius 1 is 1.00 bits per heavy atom. The molecule has 0 aromatic heterocycles. The van der Waals surface area contributed by atoms with Gasteiger partial charge in [0.05, 0.1) is 25.7 Å². The number of anilines is 1. The van der Waals surface area contributed by atoms with E-state index in [0.29, 0.717) is 35.4 Å². The number of phenolic OH excluding ortho intramolecular Hbond substituents is 1. The fraction of sp³-hybridized carbons (Fsp3) is 0.353. The van der Waals surface area contributed by atoms with Crippen LogP contribution in [0.5, 0.6) is 11.5 Å². The third-order valence-electron chi connectivity index (χ3n) is 8.08. The number of ketones is 3. The number of ether oxygens (including phenoxy) is 1. The summed E-state index contributed by atoms with van der Waals surface area (Å²) < 4.78 is 5.14. The van der Waals surface area contributed by atoms with Gasteiger partial charge in [0, 0.05) is 33.0 Å². The Balaban J connectivity index is 0.00000353. The summed E-state index contributed by atoms with van der Waals surface area (Å²) in [6, 6.07) is 17.2.